The second-order valence-electron chi connectivity index (χ2n) is 6.41. The number of aromatic nitrogens is 2. The van der Waals surface area contributed by atoms with Crippen LogP contribution in [0.1, 0.15) is 24.4 Å². The lowest BCUT2D eigenvalue weighted by Gasteiger charge is -2.23. The molecule has 0 aliphatic heterocycles. The van der Waals surface area contributed by atoms with Crippen molar-refractivity contribution >= 4 is 33.3 Å². The van der Waals surface area contributed by atoms with E-state index in [0.717, 1.165) is 0 Å². The molecule has 0 aliphatic carbocycles. The van der Waals surface area contributed by atoms with Crippen LogP contribution in [0.4, 0.5) is 11.4 Å². The normalized spacial score (nSPS) is 13.4. The molecule has 0 unspecified atom stereocenters. The molecule has 0 aliphatic rings. The first-order valence-electron chi connectivity index (χ1n) is 8.72. The van der Waals surface area contributed by atoms with Gasteiger partial charge in [-0.15, -0.1) is 10.2 Å². The standard InChI is InChI=1S/C19H18ClN5O4S/c1-11-14(9-10-15(22-3)16(11)20)23-17(12(2)29-30(21,26)27)19-25-24-18(28-19)13-7-5-4-6-8-13/h4-10,12,17,23H,1-2H3,(H2,21,26,27)/t12-,17+/m0/s1. The number of hydrogen-bond donors (Lipinski definition) is 2. The third kappa shape index (κ3) is 4.95. The molecule has 156 valence electrons. The lowest BCUT2D eigenvalue weighted by molar-refractivity contribution is 0.192. The summed E-state index contributed by atoms with van der Waals surface area (Å²) in [6.45, 7) is 10.4. The summed E-state index contributed by atoms with van der Waals surface area (Å²) >= 11 is 6.25. The van der Waals surface area contributed by atoms with Crippen molar-refractivity contribution in [3.63, 3.8) is 0 Å². The Hall–Kier alpha value is -2.97. The second kappa shape index (κ2) is 8.81. The number of nitrogens with two attached hydrogens (primary N) is 1. The summed E-state index contributed by atoms with van der Waals surface area (Å²) in [7, 11) is -4.24. The van der Waals surface area contributed by atoms with Crippen LogP contribution >= 0.6 is 11.6 Å². The summed E-state index contributed by atoms with van der Waals surface area (Å²) in [5.74, 6) is 0.355. The predicted octanol–water partition coefficient (Wildman–Crippen LogP) is 4.01. The zero-order chi connectivity index (χ0) is 21.9. The fraction of sp³-hybridized carbons (Fsp3) is 0.211. The van der Waals surface area contributed by atoms with Gasteiger partial charge in [0.1, 0.15) is 12.1 Å². The highest BCUT2D eigenvalue weighted by molar-refractivity contribution is 7.84. The highest BCUT2D eigenvalue weighted by Crippen LogP contribution is 2.35. The van der Waals surface area contributed by atoms with Crippen molar-refractivity contribution in [1.82, 2.24) is 10.2 Å². The Morgan fingerprint density at radius 2 is 1.93 bits per heavy atom. The topological polar surface area (TPSA) is 125 Å². The van der Waals surface area contributed by atoms with E-state index in [1.165, 1.54) is 6.92 Å². The van der Waals surface area contributed by atoms with Crippen LogP contribution in [0.5, 0.6) is 0 Å². The van der Waals surface area contributed by atoms with Gasteiger partial charge in [0.05, 0.1) is 11.6 Å². The van der Waals surface area contributed by atoms with Gasteiger partial charge in [-0.1, -0.05) is 35.9 Å². The maximum absolute atomic E-state index is 11.5. The summed E-state index contributed by atoms with van der Waals surface area (Å²) < 4.78 is 33.6. The molecule has 1 aromatic heterocycles. The monoisotopic (exact) mass is 447 g/mol. The van der Waals surface area contributed by atoms with Crippen LogP contribution in [0.2, 0.25) is 5.02 Å². The van der Waals surface area contributed by atoms with Gasteiger partial charge < -0.3 is 9.73 Å². The molecule has 11 heteroatoms. The largest absolute Gasteiger partial charge is 0.418 e. The first-order chi connectivity index (χ1) is 14.2. The lowest BCUT2D eigenvalue weighted by atomic mass is 10.1. The minimum atomic E-state index is -4.24. The highest BCUT2D eigenvalue weighted by Gasteiger charge is 2.30. The Bertz CT molecular complexity index is 1190. The van der Waals surface area contributed by atoms with Gasteiger partial charge in [0.2, 0.25) is 17.5 Å². The maximum atomic E-state index is 11.5. The molecule has 2 aromatic carbocycles. The fourth-order valence-electron chi connectivity index (χ4n) is 2.79. The number of anilines is 1. The van der Waals surface area contributed by atoms with Crippen molar-refractivity contribution in [2.75, 3.05) is 5.32 Å². The molecule has 0 fully saturated rings. The van der Waals surface area contributed by atoms with Crippen LogP contribution in [0, 0.1) is 13.5 Å². The summed E-state index contributed by atoms with van der Waals surface area (Å²) in [5.41, 5.74) is 2.15. The number of halogens is 1. The van der Waals surface area contributed by atoms with Crippen LogP contribution in [-0.2, 0) is 14.5 Å². The van der Waals surface area contributed by atoms with E-state index in [9.17, 15) is 8.42 Å². The number of nitrogens with one attached hydrogen (secondary N) is 1. The molecule has 3 rings (SSSR count). The quantitative estimate of drug-likeness (QED) is 0.524. The van der Waals surface area contributed by atoms with Crippen molar-refractivity contribution < 1.29 is 17.0 Å². The molecule has 0 spiro atoms. The van der Waals surface area contributed by atoms with Gasteiger partial charge in [-0.2, -0.15) is 8.42 Å². The Kier molecular flexibility index (Phi) is 6.38. The average molecular weight is 448 g/mol. The van der Waals surface area contributed by atoms with Gasteiger partial charge >= 0.3 is 10.3 Å². The van der Waals surface area contributed by atoms with Crippen molar-refractivity contribution in [3.05, 3.63) is 70.4 Å². The fourth-order valence-corrected chi connectivity index (χ4v) is 3.53. The van der Waals surface area contributed by atoms with Gasteiger partial charge in [-0.05, 0) is 37.6 Å². The molecular formula is C19H18ClN5O4S. The third-order valence-electron chi connectivity index (χ3n) is 4.28. The molecule has 2 atom stereocenters. The van der Waals surface area contributed by atoms with Crippen LogP contribution in [0.3, 0.4) is 0 Å². The van der Waals surface area contributed by atoms with Crippen molar-refractivity contribution in [2.24, 2.45) is 5.14 Å². The Labute approximate surface area is 178 Å². The van der Waals surface area contributed by atoms with E-state index in [4.69, 9.17) is 31.9 Å². The van der Waals surface area contributed by atoms with Gasteiger partial charge in [0.25, 0.3) is 0 Å². The van der Waals surface area contributed by atoms with E-state index in [1.54, 1.807) is 31.2 Å². The maximum Gasteiger partial charge on any atom is 0.333 e. The lowest BCUT2D eigenvalue weighted by Crippen LogP contribution is -2.31. The molecule has 30 heavy (non-hydrogen) atoms. The number of rotatable bonds is 7. The van der Waals surface area contributed by atoms with E-state index in [-0.39, 0.29) is 16.8 Å². The summed E-state index contributed by atoms with van der Waals surface area (Å²) in [6, 6.07) is 11.4. The minimum Gasteiger partial charge on any atom is -0.418 e. The predicted molar refractivity (Wildman–Crippen MR) is 112 cm³/mol. The molecule has 0 bridgehead atoms. The zero-order valence-electron chi connectivity index (χ0n) is 16.0. The van der Waals surface area contributed by atoms with Crippen LogP contribution in [-0.4, -0.2) is 24.7 Å². The average Bonchev–Trinajstić information content (AvgIpc) is 3.18. The minimum absolute atomic E-state index is 0.0924. The van der Waals surface area contributed by atoms with Gasteiger partial charge in [0.15, 0.2) is 0 Å². The van der Waals surface area contributed by atoms with E-state index in [1.807, 2.05) is 18.2 Å². The number of hydrogen-bond acceptors (Lipinski definition) is 7. The van der Waals surface area contributed by atoms with E-state index < -0.39 is 22.4 Å². The first kappa shape index (κ1) is 21.7. The van der Waals surface area contributed by atoms with Crippen molar-refractivity contribution in [3.8, 4) is 11.5 Å². The molecule has 0 radical (unpaired) electrons. The molecule has 9 nitrogen and oxygen atoms in total. The molecule has 3 N–H and O–H groups in total. The summed E-state index contributed by atoms with van der Waals surface area (Å²) in [6.07, 6.45) is -0.997. The summed E-state index contributed by atoms with van der Waals surface area (Å²) in [4.78, 5) is 3.36. The molecular weight excluding hydrogens is 430 g/mol. The highest BCUT2D eigenvalue weighted by atomic mass is 35.5. The van der Waals surface area contributed by atoms with Crippen LogP contribution in [0.25, 0.3) is 16.3 Å². The van der Waals surface area contributed by atoms with E-state index in [0.29, 0.717) is 22.5 Å². The van der Waals surface area contributed by atoms with Crippen LogP contribution < -0.4 is 10.5 Å². The van der Waals surface area contributed by atoms with E-state index in [2.05, 4.69) is 20.4 Å². The number of benzene rings is 2. The number of nitrogens with zero attached hydrogens (tertiary/aromatic N) is 3. The Morgan fingerprint density at radius 3 is 2.57 bits per heavy atom. The van der Waals surface area contributed by atoms with Crippen LogP contribution in [0.15, 0.2) is 46.9 Å². The third-order valence-corrected chi connectivity index (χ3v) is 5.33. The second-order valence-corrected chi connectivity index (χ2v) is 7.97. The zero-order valence-corrected chi connectivity index (χ0v) is 17.6. The van der Waals surface area contributed by atoms with Gasteiger partial charge in [-0.25, -0.2) is 9.98 Å². The van der Waals surface area contributed by atoms with Gasteiger partial charge in [0, 0.05) is 11.3 Å². The molecule has 0 saturated carbocycles. The molecule has 0 amide bonds. The molecule has 3 aromatic rings. The van der Waals surface area contributed by atoms with E-state index >= 15 is 0 Å². The van der Waals surface area contributed by atoms with Crippen molar-refractivity contribution in [1.29, 1.82) is 0 Å². The van der Waals surface area contributed by atoms with Gasteiger partial charge in [-0.3, -0.25) is 4.18 Å². The molecule has 1 heterocycles. The molecule has 0 saturated heterocycles. The SMILES string of the molecule is [C-]#[N+]c1ccc(N[C@@H](c2nnc(-c3ccccc3)o2)[C@H](C)OS(N)(=O)=O)c(C)c1Cl. The Morgan fingerprint density at radius 1 is 1.23 bits per heavy atom. The first-order valence-corrected chi connectivity index (χ1v) is 10.6. The van der Waals surface area contributed by atoms with Crippen molar-refractivity contribution in [2.45, 2.75) is 26.0 Å². The summed E-state index contributed by atoms with van der Waals surface area (Å²) in [5, 5.41) is 16.5. The Balaban J connectivity index is 1.99. The smallest absolute Gasteiger partial charge is 0.333 e.